The van der Waals surface area contributed by atoms with Crippen molar-refractivity contribution in [2.75, 3.05) is 13.9 Å². The van der Waals surface area contributed by atoms with Gasteiger partial charge in [-0.05, 0) is 30.9 Å². The number of carbonyl (C=O) groups is 3. The van der Waals surface area contributed by atoms with Crippen LogP contribution in [0.1, 0.15) is 61.1 Å². The Bertz CT molecular complexity index is 1390. The SMILES string of the molecule is COc1ccnc(C(=O)N[C@H]2CCCC[C@H](OCc3ccccc3)[C@@H](OCc3ccccc3)[C@H](C)OC2=O)c1OCOC(C)=O. The molecule has 240 valence electrons. The molecular formula is C34H40N2O9. The largest absolute Gasteiger partial charge is 0.493 e. The van der Waals surface area contributed by atoms with Crippen LogP contribution in [-0.2, 0) is 41.8 Å². The zero-order chi connectivity index (χ0) is 32.0. The molecule has 3 aromatic rings. The summed E-state index contributed by atoms with van der Waals surface area (Å²) in [5.74, 6) is -1.63. The third-order valence-electron chi connectivity index (χ3n) is 7.31. The number of ether oxygens (including phenoxy) is 6. The van der Waals surface area contributed by atoms with Crippen molar-refractivity contribution in [3.63, 3.8) is 0 Å². The molecule has 4 rings (SSSR count). The molecule has 1 aromatic heterocycles. The molecular weight excluding hydrogens is 580 g/mol. The molecule has 1 N–H and O–H groups in total. The molecule has 4 atom stereocenters. The number of cyclic esters (lactones) is 1. The van der Waals surface area contributed by atoms with E-state index in [1.54, 1.807) is 6.92 Å². The van der Waals surface area contributed by atoms with Crippen molar-refractivity contribution < 1.29 is 42.8 Å². The summed E-state index contributed by atoms with van der Waals surface area (Å²) in [5, 5.41) is 2.75. The molecule has 0 aliphatic carbocycles. The summed E-state index contributed by atoms with van der Waals surface area (Å²) in [4.78, 5) is 42.3. The standard InChI is InChI=1S/C34H40N2O9/c1-23-31(42-21-26-14-8-5-9-15-26)29(41-20-25-12-6-4-7-13-25)17-11-10-16-27(34(39)45-23)36-33(38)30-32(44-22-43-24(2)37)28(40-3)18-19-35-30/h4-9,12-15,18-19,23,27,29,31H,10-11,16-17,20-22H2,1-3H3,(H,36,38)/t23-,27-,29-,31-/m0/s1. The third-order valence-corrected chi connectivity index (χ3v) is 7.31. The molecule has 2 aromatic carbocycles. The van der Waals surface area contributed by atoms with E-state index in [1.807, 2.05) is 60.7 Å². The molecule has 0 saturated carbocycles. The van der Waals surface area contributed by atoms with Gasteiger partial charge in [0, 0.05) is 19.2 Å². The van der Waals surface area contributed by atoms with Gasteiger partial charge in [-0.2, -0.15) is 0 Å². The fraction of sp³-hybridized carbons (Fsp3) is 0.412. The van der Waals surface area contributed by atoms with Crippen LogP contribution >= 0.6 is 0 Å². The van der Waals surface area contributed by atoms with Crippen molar-refractivity contribution in [1.29, 1.82) is 0 Å². The van der Waals surface area contributed by atoms with Crippen molar-refractivity contribution in [1.82, 2.24) is 10.3 Å². The van der Waals surface area contributed by atoms with E-state index in [0.717, 1.165) is 17.5 Å². The number of nitrogens with zero attached hydrogens (tertiary/aromatic N) is 1. The van der Waals surface area contributed by atoms with E-state index in [9.17, 15) is 14.4 Å². The van der Waals surface area contributed by atoms with Crippen LogP contribution in [0.3, 0.4) is 0 Å². The predicted molar refractivity (Wildman–Crippen MR) is 163 cm³/mol. The lowest BCUT2D eigenvalue weighted by Gasteiger charge is -2.34. The van der Waals surface area contributed by atoms with Gasteiger partial charge in [0.2, 0.25) is 6.79 Å². The Morgan fingerprint density at radius 3 is 2.22 bits per heavy atom. The van der Waals surface area contributed by atoms with Crippen molar-refractivity contribution in [2.45, 2.75) is 77.1 Å². The molecule has 1 saturated heterocycles. The lowest BCUT2D eigenvalue weighted by molar-refractivity contribution is -0.174. The van der Waals surface area contributed by atoms with Gasteiger partial charge < -0.3 is 33.7 Å². The summed E-state index contributed by atoms with van der Waals surface area (Å²) in [6.45, 7) is 3.27. The Morgan fingerprint density at radius 1 is 0.933 bits per heavy atom. The lowest BCUT2D eigenvalue weighted by atomic mass is 9.98. The number of hydrogen-bond acceptors (Lipinski definition) is 10. The smallest absolute Gasteiger partial charge is 0.329 e. The molecule has 11 nitrogen and oxygen atoms in total. The molecule has 0 bridgehead atoms. The fourth-order valence-corrected chi connectivity index (χ4v) is 5.00. The first-order valence-corrected chi connectivity index (χ1v) is 15.0. The molecule has 0 radical (unpaired) electrons. The van der Waals surface area contributed by atoms with Crippen molar-refractivity contribution in [2.24, 2.45) is 0 Å². The average Bonchev–Trinajstić information content (AvgIpc) is 3.04. The maximum atomic E-state index is 13.5. The van der Waals surface area contributed by atoms with Crippen LogP contribution in [0.15, 0.2) is 72.9 Å². The summed E-state index contributed by atoms with van der Waals surface area (Å²) < 4.78 is 34.4. The second-order valence-corrected chi connectivity index (χ2v) is 10.6. The van der Waals surface area contributed by atoms with E-state index in [0.29, 0.717) is 32.5 Å². The molecule has 1 aliphatic heterocycles. The third kappa shape index (κ3) is 10.0. The van der Waals surface area contributed by atoms with Crippen molar-refractivity contribution in [3.05, 3.63) is 89.7 Å². The highest BCUT2D eigenvalue weighted by molar-refractivity contribution is 5.98. The van der Waals surface area contributed by atoms with E-state index in [1.165, 1.54) is 26.3 Å². The number of carbonyl (C=O) groups excluding carboxylic acids is 3. The van der Waals surface area contributed by atoms with Crippen LogP contribution in [0.4, 0.5) is 0 Å². The van der Waals surface area contributed by atoms with Gasteiger partial charge in [0.25, 0.3) is 5.91 Å². The predicted octanol–water partition coefficient (Wildman–Crippen LogP) is 4.76. The van der Waals surface area contributed by atoms with Crippen LogP contribution in [0.25, 0.3) is 0 Å². The van der Waals surface area contributed by atoms with Crippen LogP contribution < -0.4 is 14.8 Å². The molecule has 1 amide bonds. The number of methoxy groups -OCH3 is 1. The van der Waals surface area contributed by atoms with Gasteiger partial charge in [-0.1, -0.05) is 73.5 Å². The van der Waals surface area contributed by atoms with Gasteiger partial charge in [0.05, 0.1) is 26.4 Å². The highest BCUT2D eigenvalue weighted by Gasteiger charge is 2.35. The number of benzene rings is 2. The number of hydrogen-bond donors (Lipinski definition) is 1. The first-order chi connectivity index (χ1) is 21.9. The molecule has 0 spiro atoms. The maximum Gasteiger partial charge on any atom is 0.329 e. The number of pyridine rings is 1. The minimum absolute atomic E-state index is 0.0202. The monoisotopic (exact) mass is 620 g/mol. The average molecular weight is 621 g/mol. The topological polar surface area (TPSA) is 132 Å². The van der Waals surface area contributed by atoms with E-state index < -0.39 is 42.9 Å². The number of rotatable bonds is 12. The molecule has 1 fully saturated rings. The van der Waals surface area contributed by atoms with Gasteiger partial charge in [-0.3, -0.25) is 9.59 Å². The molecule has 45 heavy (non-hydrogen) atoms. The lowest BCUT2D eigenvalue weighted by Crippen LogP contribution is -2.48. The number of amides is 1. The number of esters is 2. The molecule has 1 aliphatic rings. The first-order valence-electron chi connectivity index (χ1n) is 15.0. The van der Waals surface area contributed by atoms with Gasteiger partial charge >= 0.3 is 11.9 Å². The summed E-state index contributed by atoms with van der Waals surface area (Å²) >= 11 is 0. The quantitative estimate of drug-likeness (QED) is 0.223. The van der Waals surface area contributed by atoms with E-state index in [2.05, 4.69) is 10.3 Å². The maximum absolute atomic E-state index is 13.5. The highest BCUT2D eigenvalue weighted by Crippen LogP contribution is 2.30. The van der Waals surface area contributed by atoms with Crippen LogP contribution in [0.2, 0.25) is 0 Å². The Labute approximate surface area is 263 Å². The Morgan fingerprint density at radius 2 is 1.58 bits per heavy atom. The molecule has 0 unspecified atom stereocenters. The Kier molecular flexibility index (Phi) is 12.7. The summed E-state index contributed by atoms with van der Waals surface area (Å²) in [7, 11) is 1.41. The van der Waals surface area contributed by atoms with Gasteiger partial charge in [-0.25, -0.2) is 9.78 Å². The van der Waals surface area contributed by atoms with Gasteiger partial charge in [-0.15, -0.1) is 0 Å². The zero-order valence-corrected chi connectivity index (χ0v) is 25.8. The zero-order valence-electron chi connectivity index (χ0n) is 25.8. The van der Waals surface area contributed by atoms with Crippen LogP contribution in [0, 0.1) is 0 Å². The Hall–Kier alpha value is -4.48. The van der Waals surface area contributed by atoms with Crippen molar-refractivity contribution >= 4 is 17.8 Å². The summed E-state index contributed by atoms with van der Waals surface area (Å²) in [6.07, 6.45) is 2.15. The van der Waals surface area contributed by atoms with Gasteiger partial charge in [0.15, 0.2) is 17.2 Å². The number of nitrogens with one attached hydrogen (secondary N) is 1. The molecule has 2 heterocycles. The van der Waals surface area contributed by atoms with Crippen LogP contribution in [0.5, 0.6) is 11.5 Å². The second-order valence-electron chi connectivity index (χ2n) is 10.6. The van der Waals surface area contributed by atoms with E-state index >= 15 is 0 Å². The Balaban J connectivity index is 1.49. The second kappa shape index (κ2) is 17.1. The van der Waals surface area contributed by atoms with Gasteiger partial charge in [0.1, 0.15) is 18.2 Å². The van der Waals surface area contributed by atoms with Crippen molar-refractivity contribution in [3.8, 4) is 11.5 Å². The van der Waals surface area contributed by atoms with E-state index in [-0.39, 0.29) is 23.3 Å². The first kappa shape index (κ1) is 33.4. The highest BCUT2D eigenvalue weighted by atomic mass is 16.7. The summed E-state index contributed by atoms with van der Waals surface area (Å²) in [6, 6.07) is 20.2. The minimum Gasteiger partial charge on any atom is -0.493 e. The molecule has 11 heteroatoms. The minimum atomic E-state index is -0.953. The van der Waals surface area contributed by atoms with E-state index in [4.69, 9.17) is 28.4 Å². The normalized spacial score (nSPS) is 20.4. The number of aromatic nitrogens is 1. The van der Waals surface area contributed by atoms with Crippen LogP contribution in [-0.4, -0.2) is 61.1 Å². The summed E-state index contributed by atoms with van der Waals surface area (Å²) in [5.41, 5.74) is 1.89. The fourth-order valence-electron chi connectivity index (χ4n) is 5.00.